The lowest BCUT2D eigenvalue weighted by Crippen LogP contribution is -2.26. The summed E-state index contributed by atoms with van der Waals surface area (Å²) in [6.07, 6.45) is 3.35. The van der Waals surface area contributed by atoms with Gasteiger partial charge >= 0.3 is 0 Å². The number of aromatic nitrogens is 1. The summed E-state index contributed by atoms with van der Waals surface area (Å²) in [4.78, 5) is 11.5. The molecule has 0 amide bonds. The Hall–Kier alpha value is -2.44. The fourth-order valence-corrected chi connectivity index (χ4v) is 1.95. The number of hydrogen-bond donors (Lipinski definition) is 3. The lowest BCUT2D eigenvalue weighted by molar-refractivity contribution is 0.578. The minimum Gasteiger partial charge on any atom is -0.370 e. The Kier molecular flexibility index (Phi) is 3.74. The Morgan fingerprint density at radius 2 is 2.11 bits per heavy atom. The van der Waals surface area contributed by atoms with Gasteiger partial charge in [-0.05, 0) is 29.7 Å². The molecule has 0 saturated carbocycles. The highest BCUT2D eigenvalue weighted by Crippen LogP contribution is 2.28. The summed E-state index contributed by atoms with van der Waals surface area (Å²) >= 11 is 0. The van der Waals surface area contributed by atoms with Crippen LogP contribution in [0.1, 0.15) is 17.7 Å². The topological polar surface area (TPSA) is 116 Å². The smallest absolute Gasteiger partial charge is 0.218 e. The molecule has 19 heavy (non-hydrogen) atoms. The molecule has 0 aromatic carbocycles. The highest BCUT2D eigenvalue weighted by Gasteiger charge is 2.15. The fraction of sp³-hybridized carbons (Fsp3) is 0.250. The van der Waals surface area contributed by atoms with Gasteiger partial charge < -0.3 is 17.2 Å². The number of guanidine groups is 2. The zero-order chi connectivity index (χ0) is 13.8. The van der Waals surface area contributed by atoms with E-state index in [1.807, 2.05) is 6.08 Å². The van der Waals surface area contributed by atoms with Crippen LogP contribution in [-0.2, 0) is 6.42 Å². The highest BCUT2D eigenvalue weighted by atomic mass is 19.1. The number of fused-ring (bicyclic) bond motifs is 1. The summed E-state index contributed by atoms with van der Waals surface area (Å²) in [7, 11) is 0. The molecule has 100 valence electrons. The van der Waals surface area contributed by atoms with E-state index in [0.29, 0.717) is 19.4 Å². The van der Waals surface area contributed by atoms with Gasteiger partial charge in [-0.3, -0.25) is 4.99 Å². The zero-order valence-electron chi connectivity index (χ0n) is 10.3. The zero-order valence-corrected chi connectivity index (χ0v) is 10.3. The Morgan fingerprint density at radius 1 is 1.32 bits per heavy atom. The molecule has 6 nitrogen and oxygen atoms in total. The van der Waals surface area contributed by atoms with E-state index in [0.717, 1.165) is 16.8 Å². The van der Waals surface area contributed by atoms with Crippen molar-refractivity contribution < 1.29 is 4.39 Å². The molecular weight excluding hydrogens is 247 g/mol. The molecule has 0 saturated heterocycles. The highest BCUT2D eigenvalue weighted by molar-refractivity contribution is 5.92. The van der Waals surface area contributed by atoms with Gasteiger partial charge in [0, 0.05) is 13.0 Å². The van der Waals surface area contributed by atoms with Crippen molar-refractivity contribution in [2.24, 2.45) is 27.2 Å². The van der Waals surface area contributed by atoms with Crippen LogP contribution in [0.4, 0.5) is 4.39 Å². The van der Waals surface area contributed by atoms with Crippen molar-refractivity contribution in [3.05, 3.63) is 35.4 Å². The van der Waals surface area contributed by atoms with E-state index >= 15 is 0 Å². The average Bonchev–Trinajstić information content (AvgIpc) is 2.70. The van der Waals surface area contributed by atoms with Crippen molar-refractivity contribution in [3.63, 3.8) is 0 Å². The Bertz CT molecular complexity index is 572. The van der Waals surface area contributed by atoms with E-state index in [-0.39, 0.29) is 11.9 Å². The van der Waals surface area contributed by atoms with Crippen molar-refractivity contribution in [2.75, 3.05) is 6.54 Å². The third kappa shape index (κ3) is 3.27. The number of nitrogens with two attached hydrogens (primary N) is 3. The lowest BCUT2D eigenvalue weighted by Gasteiger charge is -2.03. The molecule has 1 aliphatic carbocycles. The van der Waals surface area contributed by atoms with Crippen molar-refractivity contribution in [3.8, 4) is 0 Å². The van der Waals surface area contributed by atoms with Gasteiger partial charge in [0.1, 0.15) is 0 Å². The van der Waals surface area contributed by atoms with Crippen LogP contribution in [0, 0.1) is 5.95 Å². The Morgan fingerprint density at radius 3 is 2.84 bits per heavy atom. The van der Waals surface area contributed by atoms with E-state index in [4.69, 9.17) is 17.2 Å². The monoisotopic (exact) mass is 262 g/mol. The summed E-state index contributed by atoms with van der Waals surface area (Å²) in [6.45, 7) is 0.464. The predicted molar refractivity (Wildman–Crippen MR) is 72.8 cm³/mol. The molecule has 6 N–H and O–H groups in total. The van der Waals surface area contributed by atoms with Gasteiger partial charge in [0.2, 0.25) is 11.9 Å². The van der Waals surface area contributed by atoms with Crippen molar-refractivity contribution >= 4 is 17.5 Å². The molecule has 1 aromatic heterocycles. The van der Waals surface area contributed by atoms with Crippen LogP contribution in [0.2, 0.25) is 0 Å². The average molecular weight is 262 g/mol. The fourth-order valence-electron chi connectivity index (χ4n) is 1.95. The van der Waals surface area contributed by atoms with Crippen molar-refractivity contribution in [1.82, 2.24) is 4.98 Å². The van der Waals surface area contributed by atoms with Crippen LogP contribution in [0.25, 0.3) is 5.57 Å². The van der Waals surface area contributed by atoms with Crippen LogP contribution in [0.3, 0.4) is 0 Å². The third-order valence-corrected chi connectivity index (χ3v) is 2.73. The largest absolute Gasteiger partial charge is 0.370 e. The maximum absolute atomic E-state index is 13.0. The minimum atomic E-state index is -0.455. The van der Waals surface area contributed by atoms with Gasteiger partial charge in [-0.15, -0.1) is 0 Å². The summed E-state index contributed by atoms with van der Waals surface area (Å²) in [5, 5.41) is 0. The summed E-state index contributed by atoms with van der Waals surface area (Å²) < 4.78 is 13.0. The number of aliphatic imine (C=N–C) groups is 2. The minimum absolute atomic E-state index is 0.0519. The Labute approximate surface area is 109 Å². The predicted octanol–water partition coefficient (Wildman–Crippen LogP) is 0.138. The molecule has 7 heteroatoms. The van der Waals surface area contributed by atoms with E-state index < -0.39 is 5.95 Å². The van der Waals surface area contributed by atoms with Crippen LogP contribution < -0.4 is 17.2 Å². The summed E-state index contributed by atoms with van der Waals surface area (Å²) in [5.41, 5.74) is 18.7. The molecule has 1 aromatic rings. The number of nitrogens with zero attached hydrogens (tertiary/aromatic N) is 3. The van der Waals surface area contributed by atoms with Gasteiger partial charge in [-0.25, -0.2) is 4.98 Å². The van der Waals surface area contributed by atoms with Crippen LogP contribution in [0.5, 0.6) is 0 Å². The number of pyridine rings is 1. The standard InChI is InChI=1S/C12H15FN6/c13-10-4-2-8-7(1-3-9(8)18-10)5-6-17-12(16)19-11(14)15/h1-2,4H,3,5-6H2,(H6,14,15,16,17,19). The van der Waals surface area contributed by atoms with E-state index in [2.05, 4.69) is 15.0 Å². The molecule has 0 spiro atoms. The molecule has 0 bridgehead atoms. The number of allylic oxidation sites excluding steroid dienone is 1. The molecule has 0 radical (unpaired) electrons. The molecule has 0 atom stereocenters. The van der Waals surface area contributed by atoms with Gasteiger partial charge in [-0.2, -0.15) is 9.38 Å². The molecule has 1 aliphatic rings. The van der Waals surface area contributed by atoms with Gasteiger partial charge in [-0.1, -0.05) is 6.08 Å². The first-order valence-corrected chi connectivity index (χ1v) is 5.80. The molecular formula is C12H15FN6. The van der Waals surface area contributed by atoms with Gasteiger partial charge in [0.25, 0.3) is 0 Å². The number of hydrogen-bond acceptors (Lipinski definition) is 2. The number of halogens is 1. The SMILES string of the molecule is NC(N)=NC(N)=NCCC1=CCc2nc(F)ccc21. The van der Waals surface area contributed by atoms with Crippen molar-refractivity contribution in [1.29, 1.82) is 0 Å². The van der Waals surface area contributed by atoms with E-state index in [1.165, 1.54) is 6.07 Å². The maximum Gasteiger partial charge on any atom is 0.218 e. The Balaban J connectivity index is 1.99. The van der Waals surface area contributed by atoms with Crippen LogP contribution in [0.15, 0.2) is 28.2 Å². The van der Waals surface area contributed by atoms with E-state index in [1.54, 1.807) is 6.07 Å². The lowest BCUT2D eigenvalue weighted by atomic mass is 10.1. The molecule has 2 rings (SSSR count). The molecule has 0 unspecified atom stereocenters. The third-order valence-electron chi connectivity index (χ3n) is 2.73. The number of rotatable bonds is 3. The quantitative estimate of drug-likeness (QED) is 0.408. The molecule has 0 fully saturated rings. The second-order valence-corrected chi connectivity index (χ2v) is 4.09. The second-order valence-electron chi connectivity index (χ2n) is 4.09. The first-order valence-electron chi connectivity index (χ1n) is 5.80. The van der Waals surface area contributed by atoms with E-state index in [9.17, 15) is 4.39 Å². The van der Waals surface area contributed by atoms with Gasteiger partial charge in [0.05, 0.1) is 5.69 Å². The van der Waals surface area contributed by atoms with Gasteiger partial charge in [0.15, 0.2) is 5.96 Å². The van der Waals surface area contributed by atoms with Crippen molar-refractivity contribution in [2.45, 2.75) is 12.8 Å². The van der Waals surface area contributed by atoms with Crippen LogP contribution >= 0.6 is 0 Å². The first kappa shape index (κ1) is 13.0. The summed E-state index contributed by atoms with van der Waals surface area (Å²) in [5.74, 6) is -0.522. The normalized spacial score (nSPS) is 13.9. The van der Waals surface area contributed by atoms with Crippen LogP contribution in [-0.4, -0.2) is 23.4 Å². The first-order chi connectivity index (χ1) is 9.06. The molecule has 1 heterocycles. The second kappa shape index (κ2) is 5.47. The summed E-state index contributed by atoms with van der Waals surface area (Å²) in [6, 6.07) is 3.09. The maximum atomic E-state index is 13.0. The molecule has 0 aliphatic heterocycles.